The summed E-state index contributed by atoms with van der Waals surface area (Å²) in [5.41, 5.74) is 5.03. The number of nitrogens with zero attached hydrogens (tertiary/aromatic N) is 1. The van der Waals surface area contributed by atoms with Crippen LogP contribution in [0.5, 0.6) is 5.75 Å². The van der Waals surface area contributed by atoms with Crippen molar-refractivity contribution in [3.05, 3.63) is 64.7 Å². The van der Waals surface area contributed by atoms with Crippen LogP contribution in [-0.2, 0) is 6.61 Å². The molecule has 0 unspecified atom stereocenters. The predicted molar refractivity (Wildman–Crippen MR) is 97.7 cm³/mol. The van der Waals surface area contributed by atoms with Crippen molar-refractivity contribution in [3.8, 4) is 5.75 Å². The normalized spacial score (nSPS) is 11.2. The molecule has 0 saturated carbocycles. The van der Waals surface area contributed by atoms with Gasteiger partial charge in [-0.15, -0.1) is 0 Å². The Bertz CT molecular complexity index is 694. The van der Waals surface area contributed by atoms with E-state index in [2.05, 4.69) is 17.5 Å². The summed E-state index contributed by atoms with van der Waals surface area (Å²) in [5, 5.41) is 4.75. The molecule has 5 heteroatoms. The van der Waals surface area contributed by atoms with E-state index >= 15 is 0 Å². The number of halogens is 1. The van der Waals surface area contributed by atoms with Gasteiger partial charge in [0.05, 0.1) is 0 Å². The maximum absolute atomic E-state index is 12.0. The van der Waals surface area contributed by atoms with Gasteiger partial charge in [0.2, 0.25) is 0 Å². The average molecular weight is 345 g/mol. The van der Waals surface area contributed by atoms with Gasteiger partial charge in [-0.1, -0.05) is 37.1 Å². The highest BCUT2D eigenvalue weighted by atomic mass is 35.5. The highest BCUT2D eigenvalue weighted by molar-refractivity contribution is 6.30. The second kappa shape index (κ2) is 9.08. The number of amides is 1. The molecule has 2 aromatic rings. The van der Waals surface area contributed by atoms with Crippen LogP contribution in [0.1, 0.15) is 42.6 Å². The van der Waals surface area contributed by atoms with Crippen molar-refractivity contribution in [3.63, 3.8) is 0 Å². The summed E-state index contributed by atoms with van der Waals surface area (Å²) in [7, 11) is 0. The molecular weight excluding hydrogens is 324 g/mol. The van der Waals surface area contributed by atoms with Crippen LogP contribution in [-0.4, -0.2) is 11.6 Å². The summed E-state index contributed by atoms with van der Waals surface area (Å²) in [6.07, 6.45) is 1.88. The minimum Gasteiger partial charge on any atom is -0.489 e. The van der Waals surface area contributed by atoms with Crippen LogP contribution in [0.25, 0.3) is 0 Å². The molecule has 0 aromatic heterocycles. The van der Waals surface area contributed by atoms with Crippen molar-refractivity contribution in [1.82, 2.24) is 5.43 Å². The van der Waals surface area contributed by atoms with E-state index in [1.54, 1.807) is 24.3 Å². The first-order chi connectivity index (χ1) is 11.6. The summed E-state index contributed by atoms with van der Waals surface area (Å²) in [6.45, 7) is 4.41. The lowest BCUT2D eigenvalue weighted by atomic mass is 10.1. The van der Waals surface area contributed by atoms with Crippen molar-refractivity contribution in [1.29, 1.82) is 0 Å². The maximum Gasteiger partial charge on any atom is 0.271 e. The fourth-order valence-corrected chi connectivity index (χ4v) is 2.20. The molecule has 0 bridgehead atoms. The molecule has 0 atom stereocenters. The van der Waals surface area contributed by atoms with Crippen LogP contribution < -0.4 is 10.2 Å². The topological polar surface area (TPSA) is 50.7 Å². The van der Waals surface area contributed by atoms with Crippen LogP contribution in [0.15, 0.2) is 53.6 Å². The molecule has 24 heavy (non-hydrogen) atoms. The highest BCUT2D eigenvalue weighted by Crippen LogP contribution is 2.17. The molecule has 0 radical (unpaired) electrons. The average Bonchev–Trinajstić information content (AvgIpc) is 2.60. The monoisotopic (exact) mass is 344 g/mol. The smallest absolute Gasteiger partial charge is 0.271 e. The Balaban J connectivity index is 1.89. The van der Waals surface area contributed by atoms with Gasteiger partial charge in [0.25, 0.3) is 5.91 Å². The molecule has 1 amide bonds. The van der Waals surface area contributed by atoms with E-state index in [0.717, 1.165) is 29.9 Å². The second-order valence-corrected chi connectivity index (χ2v) is 5.91. The minimum atomic E-state index is -0.212. The Labute approximate surface area is 147 Å². The molecule has 126 valence electrons. The van der Waals surface area contributed by atoms with Crippen LogP contribution in [0.3, 0.4) is 0 Å². The van der Waals surface area contributed by atoms with Crippen LogP contribution >= 0.6 is 11.6 Å². The summed E-state index contributed by atoms with van der Waals surface area (Å²) in [4.78, 5) is 12.0. The van der Waals surface area contributed by atoms with Gasteiger partial charge in [-0.05, 0) is 55.3 Å². The minimum absolute atomic E-state index is 0.212. The van der Waals surface area contributed by atoms with Gasteiger partial charge in [-0.3, -0.25) is 4.79 Å². The number of carbonyl (C=O) groups excluding carboxylic acids is 1. The zero-order chi connectivity index (χ0) is 17.4. The zero-order valence-corrected chi connectivity index (χ0v) is 14.6. The molecule has 0 saturated heterocycles. The fourth-order valence-electron chi connectivity index (χ4n) is 2.08. The van der Waals surface area contributed by atoms with Crippen molar-refractivity contribution in [2.75, 3.05) is 0 Å². The van der Waals surface area contributed by atoms with Crippen molar-refractivity contribution in [2.45, 2.75) is 33.3 Å². The first kappa shape index (κ1) is 18.0. The summed E-state index contributed by atoms with van der Waals surface area (Å²) >= 11 is 5.84. The van der Waals surface area contributed by atoms with Gasteiger partial charge in [0, 0.05) is 16.3 Å². The molecule has 0 heterocycles. The van der Waals surface area contributed by atoms with Gasteiger partial charge in [0.15, 0.2) is 0 Å². The summed E-state index contributed by atoms with van der Waals surface area (Å²) in [6, 6.07) is 14.5. The van der Waals surface area contributed by atoms with Crippen LogP contribution in [0.4, 0.5) is 0 Å². The zero-order valence-electron chi connectivity index (χ0n) is 13.9. The molecule has 0 aliphatic rings. The third-order valence-corrected chi connectivity index (χ3v) is 3.65. The lowest BCUT2D eigenvalue weighted by molar-refractivity contribution is 0.0954. The molecule has 0 fully saturated rings. The van der Waals surface area contributed by atoms with E-state index in [4.69, 9.17) is 16.3 Å². The first-order valence-electron chi connectivity index (χ1n) is 7.89. The van der Waals surface area contributed by atoms with Crippen molar-refractivity contribution in [2.24, 2.45) is 5.10 Å². The van der Waals surface area contributed by atoms with E-state index in [-0.39, 0.29) is 5.91 Å². The Morgan fingerprint density at radius 3 is 2.42 bits per heavy atom. The van der Waals surface area contributed by atoms with Gasteiger partial charge in [-0.25, -0.2) is 5.43 Å². The third kappa shape index (κ3) is 5.70. The highest BCUT2D eigenvalue weighted by Gasteiger charge is 2.05. The van der Waals surface area contributed by atoms with E-state index in [1.807, 2.05) is 31.2 Å². The van der Waals surface area contributed by atoms with Crippen molar-refractivity contribution < 1.29 is 9.53 Å². The van der Waals surface area contributed by atoms with Gasteiger partial charge in [-0.2, -0.15) is 5.10 Å². The van der Waals surface area contributed by atoms with E-state index in [0.29, 0.717) is 17.2 Å². The molecule has 4 nitrogen and oxygen atoms in total. The molecule has 2 rings (SSSR count). The number of hydrogen-bond donors (Lipinski definition) is 1. The number of benzene rings is 2. The van der Waals surface area contributed by atoms with Gasteiger partial charge in [0.1, 0.15) is 12.4 Å². The second-order valence-electron chi connectivity index (χ2n) is 5.48. The molecule has 0 aliphatic heterocycles. The Morgan fingerprint density at radius 1 is 1.12 bits per heavy atom. The summed E-state index contributed by atoms with van der Waals surface area (Å²) < 4.78 is 5.67. The number of hydrazone groups is 1. The standard InChI is InChI=1S/C19H21ClN2O2/c1-3-4-14(2)21-22-19(23)16-7-5-15(6-8-16)13-24-18-11-9-17(20)10-12-18/h5-12H,3-4,13H2,1-2H3,(H,22,23)/b21-14-. The quantitative estimate of drug-likeness (QED) is 0.578. The Morgan fingerprint density at radius 2 is 1.79 bits per heavy atom. The third-order valence-electron chi connectivity index (χ3n) is 3.40. The van der Waals surface area contributed by atoms with Crippen LogP contribution in [0.2, 0.25) is 5.02 Å². The largest absolute Gasteiger partial charge is 0.489 e. The molecular formula is C19H21ClN2O2. The lowest BCUT2D eigenvalue weighted by Gasteiger charge is -2.07. The van der Waals surface area contributed by atoms with E-state index in [9.17, 15) is 4.79 Å². The summed E-state index contributed by atoms with van der Waals surface area (Å²) in [5.74, 6) is 0.539. The number of hydrogen-bond acceptors (Lipinski definition) is 3. The van der Waals surface area contributed by atoms with Crippen molar-refractivity contribution >= 4 is 23.2 Å². The number of rotatable bonds is 7. The number of carbonyl (C=O) groups is 1. The Kier molecular flexibility index (Phi) is 6.82. The molecule has 2 aromatic carbocycles. The fraction of sp³-hybridized carbons (Fsp3) is 0.263. The molecule has 1 N–H and O–H groups in total. The SMILES string of the molecule is CCC/C(C)=N\NC(=O)c1ccc(COc2ccc(Cl)cc2)cc1. The maximum atomic E-state index is 12.0. The van der Waals surface area contributed by atoms with Crippen LogP contribution in [0, 0.1) is 0 Å². The Hall–Kier alpha value is -2.33. The van der Waals surface area contributed by atoms with E-state index < -0.39 is 0 Å². The molecule has 0 aliphatic carbocycles. The predicted octanol–water partition coefficient (Wildman–Crippen LogP) is 4.82. The number of nitrogens with one attached hydrogen (secondary N) is 1. The van der Waals surface area contributed by atoms with E-state index in [1.165, 1.54) is 0 Å². The molecule has 0 spiro atoms. The first-order valence-corrected chi connectivity index (χ1v) is 8.27. The van der Waals surface area contributed by atoms with Gasteiger partial charge >= 0.3 is 0 Å². The number of ether oxygens (including phenoxy) is 1. The lowest BCUT2D eigenvalue weighted by Crippen LogP contribution is -2.19. The van der Waals surface area contributed by atoms with Gasteiger partial charge < -0.3 is 4.74 Å².